The highest BCUT2D eigenvalue weighted by atomic mass is 32.2. The van der Waals surface area contributed by atoms with Gasteiger partial charge in [-0.25, -0.2) is 4.98 Å². The van der Waals surface area contributed by atoms with Crippen LogP contribution in [0.5, 0.6) is 0 Å². The summed E-state index contributed by atoms with van der Waals surface area (Å²) in [5.74, 6) is 0.187. The van der Waals surface area contributed by atoms with Crippen molar-refractivity contribution < 1.29 is 0 Å². The molecule has 0 spiro atoms. The summed E-state index contributed by atoms with van der Waals surface area (Å²) in [4.78, 5) is 7.89. The summed E-state index contributed by atoms with van der Waals surface area (Å²) >= 11 is 1.61. The number of aromatic nitrogens is 2. The van der Waals surface area contributed by atoms with Gasteiger partial charge in [0.15, 0.2) is 5.16 Å². The van der Waals surface area contributed by atoms with E-state index in [1.54, 1.807) is 11.8 Å². The maximum atomic E-state index is 7.58. The molecule has 106 valence electrons. The van der Waals surface area contributed by atoms with Crippen molar-refractivity contribution in [1.29, 1.82) is 5.41 Å². The topological polar surface area (TPSA) is 78.6 Å². The summed E-state index contributed by atoms with van der Waals surface area (Å²) in [6.07, 6.45) is 0.506. The van der Waals surface area contributed by atoms with Gasteiger partial charge in [0.05, 0.1) is 16.9 Å². The Hall–Kier alpha value is -2.27. The number of imidazole rings is 1. The van der Waals surface area contributed by atoms with E-state index in [-0.39, 0.29) is 11.1 Å². The van der Waals surface area contributed by atoms with Gasteiger partial charge in [0.1, 0.15) is 0 Å². The molecule has 0 saturated carbocycles. The lowest BCUT2D eigenvalue weighted by atomic mass is 10.1. The number of rotatable bonds is 5. The summed E-state index contributed by atoms with van der Waals surface area (Å²) in [5.41, 5.74) is 8.73. The fourth-order valence-electron chi connectivity index (χ4n) is 2.21. The van der Waals surface area contributed by atoms with Gasteiger partial charge in [-0.1, -0.05) is 54.2 Å². The van der Waals surface area contributed by atoms with Crippen LogP contribution in [0.25, 0.3) is 11.0 Å². The average Bonchev–Trinajstić information content (AvgIpc) is 2.89. The van der Waals surface area contributed by atoms with Gasteiger partial charge in [-0.05, 0) is 17.7 Å². The molecule has 0 bridgehead atoms. The van der Waals surface area contributed by atoms with E-state index in [1.807, 2.05) is 42.5 Å². The SMILES string of the molecule is N=C(N)CC(Sc1nc2ccccc2[nH]1)c1ccccc1. The largest absolute Gasteiger partial charge is 0.388 e. The van der Waals surface area contributed by atoms with Gasteiger partial charge in [0, 0.05) is 11.7 Å². The first-order chi connectivity index (χ1) is 10.2. The fourth-order valence-corrected chi connectivity index (χ4v) is 3.36. The zero-order chi connectivity index (χ0) is 14.7. The molecule has 3 rings (SSSR count). The van der Waals surface area contributed by atoms with Crippen LogP contribution >= 0.6 is 11.8 Å². The maximum absolute atomic E-state index is 7.58. The summed E-state index contributed by atoms with van der Waals surface area (Å²) in [7, 11) is 0. The van der Waals surface area contributed by atoms with E-state index in [0.29, 0.717) is 6.42 Å². The Morgan fingerprint density at radius 3 is 2.57 bits per heavy atom. The van der Waals surface area contributed by atoms with Gasteiger partial charge in [0.25, 0.3) is 0 Å². The molecule has 3 aromatic rings. The van der Waals surface area contributed by atoms with E-state index in [4.69, 9.17) is 11.1 Å². The highest BCUT2D eigenvalue weighted by Crippen LogP contribution is 2.36. The number of H-pyrrole nitrogens is 1. The molecule has 21 heavy (non-hydrogen) atoms. The minimum Gasteiger partial charge on any atom is -0.388 e. The highest BCUT2D eigenvalue weighted by molar-refractivity contribution is 7.99. The Bertz CT molecular complexity index is 718. The van der Waals surface area contributed by atoms with Gasteiger partial charge in [-0.3, -0.25) is 5.41 Å². The van der Waals surface area contributed by atoms with Crippen LogP contribution in [-0.2, 0) is 0 Å². The minimum atomic E-state index is 0.0873. The van der Waals surface area contributed by atoms with Crippen LogP contribution in [-0.4, -0.2) is 15.8 Å². The van der Waals surface area contributed by atoms with E-state index in [9.17, 15) is 0 Å². The first-order valence-electron chi connectivity index (χ1n) is 6.71. The average molecular weight is 296 g/mol. The predicted molar refractivity (Wildman–Crippen MR) is 87.7 cm³/mol. The number of nitrogens with one attached hydrogen (secondary N) is 2. The standard InChI is InChI=1S/C16H16N4S/c17-15(18)10-14(11-6-2-1-3-7-11)21-16-19-12-8-4-5-9-13(12)20-16/h1-9,14H,10H2,(H3,17,18)(H,19,20). The molecule has 5 heteroatoms. The highest BCUT2D eigenvalue weighted by Gasteiger charge is 2.16. The fraction of sp³-hybridized carbons (Fsp3) is 0.125. The lowest BCUT2D eigenvalue weighted by Gasteiger charge is -2.14. The van der Waals surface area contributed by atoms with Crippen molar-refractivity contribution in [2.24, 2.45) is 5.73 Å². The third kappa shape index (κ3) is 3.25. The van der Waals surface area contributed by atoms with Crippen molar-refractivity contribution in [1.82, 2.24) is 9.97 Å². The molecule has 1 atom stereocenters. The second-order valence-corrected chi connectivity index (χ2v) is 6.00. The Labute approximate surface area is 127 Å². The Morgan fingerprint density at radius 1 is 1.14 bits per heavy atom. The molecule has 1 aromatic heterocycles. The zero-order valence-corrected chi connectivity index (χ0v) is 12.2. The first-order valence-corrected chi connectivity index (χ1v) is 7.59. The minimum absolute atomic E-state index is 0.0873. The predicted octanol–water partition coefficient (Wildman–Crippen LogP) is 3.72. The van der Waals surface area contributed by atoms with Gasteiger partial charge in [-0.2, -0.15) is 0 Å². The van der Waals surface area contributed by atoms with Gasteiger partial charge in [-0.15, -0.1) is 0 Å². The third-order valence-electron chi connectivity index (χ3n) is 3.20. The molecule has 0 fully saturated rings. The molecule has 0 saturated heterocycles. The number of fused-ring (bicyclic) bond motifs is 1. The van der Waals surface area contributed by atoms with Gasteiger partial charge >= 0.3 is 0 Å². The molecule has 0 aliphatic heterocycles. The van der Waals surface area contributed by atoms with Gasteiger partial charge < -0.3 is 10.7 Å². The maximum Gasteiger partial charge on any atom is 0.166 e. The van der Waals surface area contributed by atoms with Crippen molar-refractivity contribution >= 4 is 28.6 Å². The molecule has 1 unspecified atom stereocenters. The number of nitrogens with zero attached hydrogens (tertiary/aromatic N) is 1. The smallest absolute Gasteiger partial charge is 0.166 e. The third-order valence-corrected chi connectivity index (χ3v) is 4.34. The van der Waals surface area contributed by atoms with Crippen molar-refractivity contribution in [2.45, 2.75) is 16.8 Å². The summed E-state index contributed by atoms with van der Waals surface area (Å²) in [6, 6.07) is 18.1. The number of aromatic amines is 1. The van der Waals surface area contributed by atoms with Crippen LogP contribution in [0.15, 0.2) is 59.8 Å². The Morgan fingerprint density at radius 2 is 1.86 bits per heavy atom. The van der Waals surface area contributed by atoms with Crippen LogP contribution in [0.3, 0.4) is 0 Å². The number of amidine groups is 1. The molecule has 4 N–H and O–H groups in total. The summed E-state index contributed by atoms with van der Waals surface area (Å²) in [5, 5.41) is 8.52. The second-order valence-electron chi connectivity index (χ2n) is 4.81. The molecule has 4 nitrogen and oxygen atoms in total. The van der Waals surface area contributed by atoms with E-state index in [0.717, 1.165) is 21.8 Å². The van der Waals surface area contributed by atoms with Crippen molar-refractivity contribution in [3.05, 3.63) is 60.2 Å². The van der Waals surface area contributed by atoms with Crippen LogP contribution < -0.4 is 5.73 Å². The normalized spacial score (nSPS) is 12.4. The molecule has 2 aromatic carbocycles. The van der Waals surface area contributed by atoms with E-state index in [2.05, 4.69) is 22.1 Å². The molecule has 1 heterocycles. The second kappa shape index (κ2) is 6.01. The van der Waals surface area contributed by atoms with E-state index < -0.39 is 0 Å². The van der Waals surface area contributed by atoms with Crippen molar-refractivity contribution in [3.63, 3.8) is 0 Å². The van der Waals surface area contributed by atoms with Crippen LogP contribution in [0.1, 0.15) is 17.2 Å². The number of hydrogen-bond donors (Lipinski definition) is 3. The first kappa shape index (κ1) is 13.7. The number of thioether (sulfide) groups is 1. The monoisotopic (exact) mass is 296 g/mol. The number of nitrogens with two attached hydrogens (primary N) is 1. The van der Waals surface area contributed by atoms with Crippen molar-refractivity contribution in [3.8, 4) is 0 Å². The molecular formula is C16H16N4S. The lowest BCUT2D eigenvalue weighted by molar-refractivity contribution is 0.965. The molecule has 0 amide bonds. The van der Waals surface area contributed by atoms with Crippen LogP contribution in [0, 0.1) is 5.41 Å². The van der Waals surface area contributed by atoms with Crippen LogP contribution in [0.2, 0.25) is 0 Å². The lowest BCUT2D eigenvalue weighted by Crippen LogP contribution is -2.13. The van der Waals surface area contributed by atoms with Crippen molar-refractivity contribution in [2.75, 3.05) is 0 Å². The molecule has 0 radical (unpaired) electrons. The zero-order valence-electron chi connectivity index (χ0n) is 11.4. The number of benzene rings is 2. The van der Waals surface area contributed by atoms with Gasteiger partial charge in [0.2, 0.25) is 0 Å². The van der Waals surface area contributed by atoms with E-state index in [1.165, 1.54) is 0 Å². The Kier molecular flexibility index (Phi) is 3.92. The number of para-hydroxylation sites is 2. The van der Waals surface area contributed by atoms with Crippen LogP contribution in [0.4, 0.5) is 0 Å². The molecule has 0 aliphatic rings. The molecule has 0 aliphatic carbocycles. The number of hydrogen-bond acceptors (Lipinski definition) is 3. The quantitative estimate of drug-likeness (QED) is 0.381. The summed E-state index contributed by atoms with van der Waals surface area (Å²) < 4.78 is 0. The molecular weight excluding hydrogens is 280 g/mol. The Balaban J connectivity index is 1.88. The summed E-state index contributed by atoms with van der Waals surface area (Å²) in [6.45, 7) is 0. The van der Waals surface area contributed by atoms with E-state index >= 15 is 0 Å².